The van der Waals surface area contributed by atoms with Crippen LogP contribution in [-0.4, -0.2) is 59.6 Å². The van der Waals surface area contributed by atoms with Crippen molar-refractivity contribution in [3.63, 3.8) is 0 Å². The van der Waals surface area contributed by atoms with Gasteiger partial charge in [0.2, 0.25) is 5.91 Å². The first-order chi connectivity index (χ1) is 14.6. The van der Waals surface area contributed by atoms with E-state index >= 15 is 0 Å². The van der Waals surface area contributed by atoms with Crippen LogP contribution in [0.15, 0.2) is 12.3 Å². The highest BCUT2D eigenvalue weighted by atomic mass is 16.4. The number of piperidine rings is 2. The van der Waals surface area contributed by atoms with Gasteiger partial charge in [0.05, 0.1) is 11.9 Å². The van der Waals surface area contributed by atoms with Crippen LogP contribution in [0.25, 0.3) is 0 Å². The summed E-state index contributed by atoms with van der Waals surface area (Å²) in [6, 6.07) is 1.54. The van der Waals surface area contributed by atoms with E-state index in [-0.39, 0.29) is 11.5 Å². The number of carboxylic acids is 1. The van der Waals surface area contributed by atoms with Crippen LogP contribution in [0.1, 0.15) is 75.1 Å². The van der Waals surface area contributed by atoms with Gasteiger partial charge in [0.1, 0.15) is 11.4 Å². The average Bonchev–Trinajstić information content (AvgIpc) is 2.77. The topological polar surface area (TPSA) is 85.8 Å². The molecular formula is C23H36N4O3. The van der Waals surface area contributed by atoms with Crippen LogP contribution >= 0.6 is 0 Å². The van der Waals surface area contributed by atoms with Crippen LogP contribution in [0, 0.1) is 5.92 Å². The number of carbonyl (C=O) groups is 2. The lowest BCUT2D eigenvalue weighted by Gasteiger charge is -2.35. The van der Waals surface area contributed by atoms with Crippen molar-refractivity contribution in [3.8, 4) is 0 Å². The van der Waals surface area contributed by atoms with Gasteiger partial charge in [-0.15, -0.1) is 0 Å². The van der Waals surface area contributed by atoms with E-state index in [0.29, 0.717) is 23.8 Å². The van der Waals surface area contributed by atoms with Gasteiger partial charge in [-0.05, 0) is 70.1 Å². The fraction of sp³-hybridized carbons (Fsp3) is 0.696. The molecule has 2 saturated heterocycles. The molecule has 1 amide bonds. The van der Waals surface area contributed by atoms with Crippen LogP contribution in [0.3, 0.4) is 0 Å². The van der Waals surface area contributed by atoms with Gasteiger partial charge in [0, 0.05) is 19.5 Å². The second kappa shape index (κ2) is 11.3. The van der Waals surface area contributed by atoms with E-state index < -0.39 is 5.97 Å². The Morgan fingerprint density at radius 3 is 2.57 bits per heavy atom. The molecule has 2 fully saturated rings. The average molecular weight is 417 g/mol. The molecule has 2 N–H and O–H groups in total. The Bertz CT molecular complexity index is 710. The van der Waals surface area contributed by atoms with Gasteiger partial charge in [-0.1, -0.05) is 19.8 Å². The molecule has 0 bridgehead atoms. The summed E-state index contributed by atoms with van der Waals surface area (Å²) in [6.45, 7) is 7.37. The lowest BCUT2D eigenvalue weighted by molar-refractivity contribution is -0.116. The van der Waals surface area contributed by atoms with Gasteiger partial charge >= 0.3 is 5.97 Å². The predicted molar refractivity (Wildman–Crippen MR) is 119 cm³/mol. The number of hydrogen-bond donors (Lipinski definition) is 2. The van der Waals surface area contributed by atoms with Crippen molar-refractivity contribution in [2.24, 2.45) is 5.92 Å². The van der Waals surface area contributed by atoms with Crippen molar-refractivity contribution in [1.29, 1.82) is 0 Å². The number of amides is 1. The molecule has 0 saturated carbocycles. The Kier molecular flexibility index (Phi) is 8.49. The zero-order valence-corrected chi connectivity index (χ0v) is 18.2. The monoisotopic (exact) mass is 416 g/mol. The third-order valence-corrected chi connectivity index (χ3v) is 6.35. The number of hydrogen-bond acceptors (Lipinski definition) is 5. The number of nitrogens with zero attached hydrogens (tertiary/aromatic N) is 3. The molecule has 30 heavy (non-hydrogen) atoms. The summed E-state index contributed by atoms with van der Waals surface area (Å²) in [5, 5.41) is 12.5. The zero-order valence-electron chi connectivity index (χ0n) is 18.2. The number of aromatic carboxylic acids is 1. The largest absolute Gasteiger partial charge is 0.478 e. The Morgan fingerprint density at radius 2 is 1.90 bits per heavy atom. The minimum atomic E-state index is -1.01. The molecule has 7 heteroatoms. The zero-order chi connectivity index (χ0) is 21.3. The molecule has 3 rings (SSSR count). The highest BCUT2D eigenvalue weighted by molar-refractivity contribution is 5.97. The number of nitrogens with one attached hydrogen (secondary N) is 1. The molecular weight excluding hydrogens is 380 g/mol. The van der Waals surface area contributed by atoms with Crippen molar-refractivity contribution >= 4 is 23.4 Å². The first-order valence-electron chi connectivity index (χ1n) is 11.6. The van der Waals surface area contributed by atoms with E-state index in [1.807, 2.05) is 6.92 Å². The maximum Gasteiger partial charge on any atom is 0.339 e. The quantitative estimate of drug-likeness (QED) is 0.633. The molecule has 0 aromatic carbocycles. The molecule has 0 aliphatic carbocycles. The second-order valence-electron chi connectivity index (χ2n) is 8.67. The number of anilines is 2. The van der Waals surface area contributed by atoms with Crippen LogP contribution in [-0.2, 0) is 4.79 Å². The van der Waals surface area contributed by atoms with E-state index in [1.54, 1.807) is 6.20 Å². The Morgan fingerprint density at radius 1 is 1.17 bits per heavy atom. The fourth-order valence-corrected chi connectivity index (χ4v) is 4.48. The second-order valence-corrected chi connectivity index (χ2v) is 8.67. The summed E-state index contributed by atoms with van der Waals surface area (Å²) in [4.78, 5) is 32.9. The van der Waals surface area contributed by atoms with Gasteiger partial charge in [-0.2, -0.15) is 0 Å². The van der Waals surface area contributed by atoms with Crippen LogP contribution < -0.4 is 10.2 Å². The normalized spacial score (nSPS) is 18.4. The Balaban J connectivity index is 1.55. The van der Waals surface area contributed by atoms with Crippen molar-refractivity contribution < 1.29 is 14.7 Å². The lowest BCUT2D eigenvalue weighted by Crippen LogP contribution is -2.37. The van der Waals surface area contributed by atoms with Gasteiger partial charge in [-0.3, -0.25) is 4.79 Å². The summed E-state index contributed by atoms with van der Waals surface area (Å²) >= 11 is 0. The minimum absolute atomic E-state index is 0.0998. The molecule has 1 aromatic rings. The smallest absolute Gasteiger partial charge is 0.339 e. The molecule has 2 aliphatic heterocycles. The van der Waals surface area contributed by atoms with Crippen molar-refractivity contribution in [2.45, 2.75) is 64.7 Å². The Hall–Kier alpha value is -2.15. The van der Waals surface area contributed by atoms with E-state index in [4.69, 9.17) is 0 Å². The Labute approximate surface area is 179 Å². The molecule has 2 aliphatic rings. The summed E-state index contributed by atoms with van der Waals surface area (Å²) in [5.74, 6) is 0.115. The minimum Gasteiger partial charge on any atom is -0.478 e. The predicted octanol–water partition coefficient (Wildman–Crippen LogP) is 4.00. The highest BCUT2D eigenvalue weighted by Crippen LogP contribution is 2.28. The molecule has 0 spiro atoms. The van der Waals surface area contributed by atoms with Crippen LogP contribution in [0.5, 0.6) is 0 Å². The summed E-state index contributed by atoms with van der Waals surface area (Å²) in [7, 11) is 0. The van der Waals surface area contributed by atoms with E-state index in [0.717, 1.165) is 38.8 Å². The molecule has 7 nitrogen and oxygen atoms in total. The van der Waals surface area contributed by atoms with E-state index in [1.165, 1.54) is 51.4 Å². The number of pyridine rings is 1. The molecule has 1 aromatic heterocycles. The maximum atomic E-state index is 12.0. The van der Waals surface area contributed by atoms with Gasteiger partial charge < -0.3 is 20.2 Å². The van der Waals surface area contributed by atoms with Gasteiger partial charge in [0.25, 0.3) is 0 Å². The molecule has 166 valence electrons. The van der Waals surface area contributed by atoms with Crippen LogP contribution in [0.4, 0.5) is 11.5 Å². The summed E-state index contributed by atoms with van der Waals surface area (Å²) < 4.78 is 0. The number of rotatable bonds is 9. The summed E-state index contributed by atoms with van der Waals surface area (Å²) in [6.07, 6.45) is 11.2. The number of likely N-dealkylation sites (tertiary alicyclic amines) is 1. The summed E-state index contributed by atoms with van der Waals surface area (Å²) in [5.41, 5.74) is 0.615. The number of carbonyl (C=O) groups excluding carboxylic acids is 1. The van der Waals surface area contributed by atoms with E-state index in [2.05, 4.69) is 20.1 Å². The molecule has 0 atom stereocenters. The molecule has 0 radical (unpaired) electrons. The standard InChI is InChI=1S/C23H36N4O3/c1-2-3-7-21(28)25-19-16-20(23(29)30)22(24-17-19)27-14-9-18(10-15-27)8-13-26-11-5-4-6-12-26/h16-18H,2-15H2,1H3,(H,25,28)(H,29,30). The fourth-order valence-electron chi connectivity index (χ4n) is 4.48. The van der Waals surface area contributed by atoms with Crippen LogP contribution in [0.2, 0.25) is 0 Å². The maximum absolute atomic E-state index is 12.0. The third kappa shape index (κ3) is 6.42. The highest BCUT2D eigenvalue weighted by Gasteiger charge is 2.25. The van der Waals surface area contributed by atoms with Crippen molar-refractivity contribution in [2.75, 3.05) is 42.9 Å². The van der Waals surface area contributed by atoms with Crippen molar-refractivity contribution in [3.05, 3.63) is 17.8 Å². The van der Waals surface area contributed by atoms with Gasteiger partial charge in [-0.25, -0.2) is 9.78 Å². The molecule has 3 heterocycles. The van der Waals surface area contributed by atoms with Gasteiger partial charge in [0.15, 0.2) is 0 Å². The number of unbranched alkanes of at least 4 members (excludes halogenated alkanes) is 1. The number of carboxylic acid groups (broad SMARTS) is 1. The molecule has 0 unspecified atom stereocenters. The lowest BCUT2D eigenvalue weighted by atomic mass is 9.93. The SMILES string of the molecule is CCCCC(=O)Nc1cnc(N2CCC(CCN3CCCCC3)CC2)c(C(=O)O)c1. The number of aromatic nitrogens is 1. The third-order valence-electron chi connectivity index (χ3n) is 6.35. The first kappa shape index (κ1) is 22.5. The van der Waals surface area contributed by atoms with Crippen molar-refractivity contribution in [1.82, 2.24) is 9.88 Å². The van der Waals surface area contributed by atoms with E-state index in [9.17, 15) is 14.7 Å². The first-order valence-corrected chi connectivity index (χ1v) is 11.6.